The molecule has 0 saturated carbocycles. The molecule has 8 heteroatoms. The molecule has 134 valence electrons. The van der Waals surface area contributed by atoms with E-state index in [1.54, 1.807) is 24.3 Å². The van der Waals surface area contributed by atoms with Gasteiger partial charge >= 0.3 is 0 Å². The molecule has 1 heterocycles. The second kappa shape index (κ2) is 8.40. The largest absolute Gasteiger partial charge is 0.352 e. The lowest BCUT2D eigenvalue weighted by atomic mass is 9.89. The average Bonchev–Trinajstić information content (AvgIpc) is 3.02. The van der Waals surface area contributed by atoms with Crippen LogP contribution in [0.4, 0.5) is 5.13 Å². The van der Waals surface area contributed by atoms with E-state index >= 15 is 0 Å². The molecule has 2 rings (SSSR count). The second-order valence-electron chi connectivity index (χ2n) is 6.18. The molecule has 0 fully saturated rings. The van der Waals surface area contributed by atoms with E-state index in [9.17, 15) is 9.59 Å². The predicted molar refractivity (Wildman–Crippen MR) is 100 cm³/mol. The summed E-state index contributed by atoms with van der Waals surface area (Å²) in [7, 11) is 0. The highest BCUT2D eigenvalue weighted by atomic mass is 35.5. The van der Waals surface area contributed by atoms with E-state index in [0.29, 0.717) is 28.7 Å². The van der Waals surface area contributed by atoms with Crippen LogP contribution in [0, 0.1) is 5.41 Å². The lowest BCUT2D eigenvalue weighted by molar-refractivity contribution is -0.124. The number of rotatable bonds is 7. The molecule has 1 aromatic carbocycles. The van der Waals surface area contributed by atoms with Crippen LogP contribution < -0.4 is 10.6 Å². The van der Waals surface area contributed by atoms with Crippen molar-refractivity contribution in [3.8, 4) is 0 Å². The van der Waals surface area contributed by atoms with Crippen molar-refractivity contribution in [1.29, 1.82) is 0 Å². The molecular formula is C17H21ClN4O2S. The third kappa shape index (κ3) is 5.24. The molecule has 0 spiro atoms. The maximum absolute atomic E-state index is 12.1. The molecule has 0 aliphatic rings. The van der Waals surface area contributed by atoms with Crippen molar-refractivity contribution in [1.82, 2.24) is 15.5 Å². The number of nitrogens with zero attached hydrogens (tertiary/aromatic N) is 2. The number of nitrogens with one attached hydrogen (secondary N) is 2. The lowest BCUT2D eigenvalue weighted by Crippen LogP contribution is -2.29. The Morgan fingerprint density at radius 1 is 1.24 bits per heavy atom. The van der Waals surface area contributed by atoms with Gasteiger partial charge in [0, 0.05) is 18.4 Å². The van der Waals surface area contributed by atoms with Crippen LogP contribution >= 0.6 is 22.9 Å². The van der Waals surface area contributed by atoms with Crippen molar-refractivity contribution in [2.75, 3.05) is 11.9 Å². The Kier molecular flexibility index (Phi) is 6.50. The van der Waals surface area contributed by atoms with E-state index in [2.05, 4.69) is 20.8 Å². The van der Waals surface area contributed by atoms with Crippen molar-refractivity contribution in [3.05, 3.63) is 39.9 Å². The highest BCUT2D eigenvalue weighted by Crippen LogP contribution is 2.24. The SMILES string of the molecule is CCC(C)(C)C(=O)Nc1nnc(CCNC(=O)c2ccccc2Cl)s1. The number of halogens is 1. The van der Waals surface area contributed by atoms with Gasteiger partial charge in [-0.25, -0.2) is 0 Å². The zero-order valence-electron chi connectivity index (χ0n) is 14.4. The lowest BCUT2D eigenvalue weighted by Gasteiger charge is -2.20. The van der Waals surface area contributed by atoms with Crippen LogP contribution in [-0.4, -0.2) is 28.6 Å². The van der Waals surface area contributed by atoms with Crippen molar-refractivity contribution in [2.45, 2.75) is 33.6 Å². The topological polar surface area (TPSA) is 84.0 Å². The molecule has 0 unspecified atom stereocenters. The summed E-state index contributed by atoms with van der Waals surface area (Å²) in [6, 6.07) is 6.88. The Morgan fingerprint density at radius 3 is 2.64 bits per heavy atom. The Labute approximate surface area is 156 Å². The molecule has 0 saturated heterocycles. The maximum Gasteiger partial charge on any atom is 0.252 e. The highest BCUT2D eigenvalue weighted by Gasteiger charge is 2.26. The first kappa shape index (κ1) is 19.3. The quantitative estimate of drug-likeness (QED) is 0.769. The minimum atomic E-state index is -0.450. The summed E-state index contributed by atoms with van der Waals surface area (Å²) in [5, 5.41) is 15.2. The zero-order valence-corrected chi connectivity index (χ0v) is 16.0. The van der Waals surface area contributed by atoms with E-state index in [1.807, 2.05) is 20.8 Å². The van der Waals surface area contributed by atoms with Crippen molar-refractivity contribution >= 4 is 39.9 Å². The third-order valence-electron chi connectivity index (χ3n) is 3.93. The number of carbonyl (C=O) groups excluding carboxylic acids is 2. The van der Waals surface area contributed by atoms with Gasteiger partial charge in [0.25, 0.3) is 5.91 Å². The fraction of sp³-hybridized carbons (Fsp3) is 0.412. The van der Waals surface area contributed by atoms with Crippen LogP contribution in [0.25, 0.3) is 0 Å². The van der Waals surface area contributed by atoms with Gasteiger partial charge < -0.3 is 10.6 Å². The van der Waals surface area contributed by atoms with Gasteiger partial charge in [0.2, 0.25) is 11.0 Å². The average molecular weight is 381 g/mol. The van der Waals surface area contributed by atoms with Crippen LogP contribution in [0.15, 0.2) is 24.3 Å². The second-order valence-corrected chi connectivity index (χ2v) is 7.65. The number of aromatic nitrogens is 2. The monoisotopic (exact) mass is 380 g/mol. The van der Waals surface area contributed by atoms with Gasteiger partial charge in [-0.05, 0) is 18.6 Å². The van der Waals surface area contributed by atoms with Crippen molar-refractivity contribution < 1.29 is 9.59 Å². The van der Waals surface area contributed by atoms with Gasteiger partial charge in [0.05, 0.1) is 10.6 Å². The van der Waals surface area contributed by atoms with Crippen LogP contribution in [0.3, 0.4) is 0 Å². The number of benzene rings is 1. The molecule has 0 radical (unpaired) electrons. The van der Waals surface area contributed by atoms with Gasteiger partial charge in [-0.15, -0.1) is 10.2 Å². The summed E-state index contributed by atoms with van der Waals surface area (Å²) in [5.41, 5.74) is -0.00874. The van der Waals surface area contributed by atoms with Gasteiger partial charge in [-0.2, -0.15) is 0 Å². The predicted octanol–water partition coefficient (Wildman–Crippen LogP) is 3.54. The molecular weight excluding hydrogens is 360 g/mol. The number of anilines is 1. The van der Waals surface area contributed by atoms with Crippen LogP contribution in [0.1, 0.15) is 42.6 Å². The van der Waals surface area contributed by atoms with Crippen molar-refractivity contribution in [2.24, 2.45) is 5.41 Å². The van der Waals surface area contributed by atoms with E-state index in [1.165, 1.54) is 11.3 Å². The first-order valence-corrected chi connectivity index (χ1v) is 9.19. The molecule has 0 bridgehead atoms. The van der Waals surface area contributed by atoms with Gasteiger partial charge in [-0.3, -0.25) is 9.59 Å². The fourth-order valence-corrected chi connectivity index (χ4v) is 2.81. The van der Waals surface area contributed by atoms with Crippen molar-refractivity contribution in [3.63, 3.8) is 0 Å². The number of hydrogen-bond donors (Lipinski definition) is 2. The summed E-state index contributed by atoms with van der Waals surface area (Å²) < 4.78 is 0. The van der Waals surface area contributed by atoms with E-state index in [-0.39, 0.29) is 11.8 Å². The number of carbonyl (C=O) groups is 2. The standard InChI is InChI=1S/C17H21ClN4O2S/c1-4-17(2,3)15(24)20-16-22-21-13(25-16)9-10-19-14(23)11-7-5-6-8-12(11)18/h5-8H,4,9-10H2,1-3H3,(H,19,23)(H,20,22,24). The molecule has 0 aliphatic carbocycles. The smallest absolute Gasteiger partial charge is 0.252 e. The highest BCUT2D eigenvalue weighted by molar-refractivity contribution is 7.15. The van der Waals surface area contributed by atoms with Crippen LogP contribution in [0.2, 0.25) is 5.02 Å². The Morgan fingerprint density at radius 2 is 1.96 bits per heavy atom. The minimum absolute atomic E-state index is 0.0790. The molecule has 2 N–H and O–H groups in total. The normalized spacial score (nSPS) is 11.2. The fourth-order valence-electron chi connectivity index (χ4n) is 1.86. The Hall–Kier alpha value is -1.99. The van der Waals surface area contributed by atoms with E-state index < -0.39 is 5.41 Å². The molecule has 6 nitrogen and oxygen atoms in total. The molecule has 1 aromatic heterocycles. The van der Waals surface area contributed by atoms with Crippen LogP contribution in [0.5, 0.6) is 0 Å². The molecule has 0 atom stereocenters. The molecule has 25 heavy (non-hydrogen) atoms. The molecule has 2 aromatic rings. The Bertz CT molecular complexity index is 761. The summed E-state index contributed by atoms with van der Waals surface area (Å²) in [5.74, 6) is -0.307. The number of hydrogen-bond acceptors (Lipinski definition) is 5. The van der Waals surface area contributed by atoms with Crippen LogP contribution in [-0.2, 0) is 11.2 Å². The summed E-state index contributed by atoms with van der Waals surface area (Å²) in [4.78, 5) is 24.2. The minimum Gasteiger partial charge on any atom is -0.352 e. The third-order valence-corrected chi connectivity index (χ3v) is 5.16. The maximum atomic E-state index is 12.1. The summed E-state index contributed by atoms with van der Waals surface area (Å²) >= 11 is 7.30. The summed E-state index contributed by atoms with van der Waals surface area (Å²) in [6.07, 6.45) is 1.26. The molecule has 0 aliphatic heterocycles. The van der Waals surface area contributed by atoms with Gasteiger partial charge in [0.15, 0.2) is 0 Å². The van der Waals surface area contributed by atoms with Gasteiger partial charge in [-0.1, -0.05) is 55.8 Å². The first-order chi connectivity index (χ1) is 11.8. The van der Waals surface area contributed by atoms with E-state index in [0.717, 1.165) is 11.4 Å². The molecule has 2 amide bonds. The first-order valence-electron chi connectivity index (χ1n) is 8.00. The van der Waals surface area contributed by atoms with E-state index in [4.69, 9.17) is 11.6 Å². The number of amides is 2. The zero-order chi connectivity index (χ0) is 18.4. The Balaban J connectivity index is 1.85. The van der Waals surface area contributed by atoms with Gasteiger partial charge in [0.1, 0.15) is 5.01 Å². The summed E-state index contributed by atoms with van der Waals surface area (Å²) in [6.45, 7) is 6.14.